The molecule has 6 heteroatoms. The van der Waals surface area contributed by atoms with Crippen LogP contribution in [0.25, 0.3) is 11.5 Å². The highest BCUT2D eigenvalue weighted by Gasteiger charge is 2.18. The number of amides is 1. The SMILES string of the molecule is CC(=O)N(Cc1nnc(-c2ccccc2Cl)o1)C(C)C. The van der Waals surface area contributed by atoms with Crippen LogP contribution in [0.5, 0.6) is 0 Å². The van der Waals surface area contributed by atoms with Gasteiger partial charge in [-0.05, 0) is 26.0 Å². The fourth-order valence-electron chi connectivity index (χ4n) is 1.86. The van der Waals surface area contributed by atoms with E-state index in [2.05, 4.69) is 10.2 Å². The van der Waals surface area contributed by atoms with Gasteiger partial charge in [0, 0.05) is 13.0 Å². The molecular weight excluding hydrogens is 278 g/mol. The minimum Gasteiger partial charge on any atom is -0.419 e. The molecule has 0 saturated heterocycles. The molecule has 1 aromatic carbocycles. The normalized spacial score (nSPS) is 10.8. The molecule has 0 spiro atoms. The maximum absolute atomic E-state index is 11.5. The third kappa shape index (κ3) is 3.17. The van der Waals surface area contributed by atoms with E-state index in [1.807, 2.05) is 32.0 Å². The summed E-state index contributed by atoms with van der Waals surface area (Å²) in [6.07, 6.45) is 0. The molecule has 0 bridgehead atoms. The Kier molecular flexibility index (Phi) is 4.39. The Morgan fingerprint density at radius 3 is 2.65 bits per heavy atom. The number of carbonyl (C=O) groups is 1. The lowest BCUT2D eigenvalue weighted by Crippen LogP contribution is -2.34. The fourth-order valence-corrected chi connectivity index (χ4v) is 2.08. The highest BCUT2D eigenvalue weighted by Crippen LogP contribution is 2.26. The number of hydrogen-bond donors (Lipinski definition) is 0. The van der Waals surface area contributed by atoms with Gasteiger partial charge in [-0.2, -0.15) is 0 Å². The Labute approximate surface area is 122 Å². The third-order valence-electron chi connectivity index (χ3n) is 2.90. The van der Waals surface area contributed by atoms with Crippen molar-refractivity contribution in [3.8, 4) is 11.5 Å². The smallest absolute Gasteiger partial charge is 0.249 e. The van der Waals surface area contributed by atoms with Gasteiger partial charge in [-0.1, -0.05) is 23.7 Å². The summed E-state index contributed by atoms with van der Waals surface area (Å²) >= 11 is 6.08. The molecule has 0 atom stereocenters. The molecule has 20 heavy (non-hydrogen) atoms. The van der Waals surface area contributed by atoms with E-state index < -0.39 is 0 Å². The topological polar surface area (TPSA) is 59.2 Å². The number of aromatic nitrogens is 2. The average molecular weight is 294 g/mol. The second-order valence-corrected chi connectivity index (χ2v) is 5.13. The Morgan fingerprint density at radius 2 is 2.05 bits per heavy atom. The van der Waals surface area contributed by atoms with E-state index in [-0.39, 0.29) is 11.9 Å². The molecule has 1 amide bonds. The first-order valence-electron chi connectivity index (χ1n) is 6.33. The number of hydrogen-bond acceptors (Lipinski definition) is 4. The quantitative estimate of drug-likeness (QED) is 0.869. The Morgan fingerprint density at radius 1 is 1.35 bits per heavy atom. The van der Waals surface area contributed by atoms with E-state index >= 15 is 0 Å². The Hall–Kier alpha value is -1.88. The van der Waals surface area contributed by atoms with Gasteiger partial charge in [0.15, 0.2) is 0 Å². The van der Waals surface area contributed by atoms with Crippen LogP contribution < -0.4 is 0 Å². The molecule has 2 rings (SSSR count). The summed E-state index contributed by atoms with van der Waals surface area (Å²) in [5, 5.41) is 8.50. The zero-order valence-corrected chi connectivity index (χ0v) is 12.4. The molecule has 5 nitrogen and oxygen atoms in total. The predicted octanol–water partition coefficient (Wildman–Crippen LogP) is 3.15. The van der Waals surface area contributed by atoms with Crippen LogP contribution in [0.2, 0.25) is 5.02 Å². The van der Waals surface area contributed by atoms with E-state index in [1.165, 1.54) is 6.92 Å². The van der Waals surface area contributed by atoms with Crippen LogP contribution in [0.1, 0.15) is 26.7 Å². The molecule has 0 N–H and O–H groups in total. The van der Waals surface area contributed by atoms with E-state index in [0.29, 0.717) is 28.9 Å². The minimum atomic E-state index is -0.0301. The molecule has 0 unspecified atom stereocenters. The summed E-state index contributed by atoms with van der Waals surface area (Å²) in [6.45, 7) is 5.69. The van der Waals surface area contributed by atoms with E-state index in [4.69, 9.17) is 16.0 Å². The van der Waals surface area contributed by atoms with Gasteiger partial charge < -0.3 is 9.32 Å². The summed E-state index contributed by atoms with van der Waals surface area (Å²) in [5.74, 6) is 0.721. The third-order valence-corrected chi connectivity index (χ3v) is 3.23. The highest BCUT2D eigenvalue weighted by molar-refractivity contribution is 6.33. The highest BCUT2D eigenvalue weighted by atomic mass is 35.5. The van der Waals surface area contributed by atoms with E-state index in [1.54, 1.807) is 11.0 Å². The lowest BCUT2D eigenvalue weighted by molar-refractivity contribution is -0.131. The molecule has 0 saturated carbocycles. The van der Waals surface area contributed by atoms with Crippen LogP contribution in [-0.2, 0) is 11.3 Å². The zero-order chi connectivity index (χ0) is 14.7. The number of rotatable bonds is 4. The number of benzene rings is 1. The lowest BCUT2D eigenvalue weighted by atomic mass is 10.2. The van der Waals surface area contributed by atoms with Gasteiger partial charge in [-0.15, -0.1) is 10.2 Å². The number of halogens is 1. The Bertz CT molecular complexity index is 610. The molecule has 0 aliphatic heterocycles. The minimum absolute atomic E-state index is 0.0301. The largest absolute Gasteiger partial charge is 0.419 e. The predicted molar refractivity (Wildman–Crippen MR) is 76.1 cm³/mol. The van der Waals surface area contributed by atoms with Gasteiger partial charge in [-0.3, -0.25) is 4.79 Å². The molecule has 1 aromatic heterocycles. The summed E-state index contributed by atoms with van der Waals surface area (Å²) in [5.41, 5.74) is 0.687. The maximum Gasteiger partial charge on any atom is 0.249 e. The van der Waals surface area contributed by atoms with Gasteiger partial charge in [0.1, 0.15) is 0 Å². The van der Waals surface area contributed by atoms with Gasteiger partial charge in [0.05, 0.1) is 17.1 Å². The van der Waals surface area contributed by atoms with Crippen LogP contribution in [-0.4, -0.2) is 27.0 Å². The van der Waals surface area contributed by atoms with Crippen molar-refractivity contribution < 1.29 is 9.21 Å². The molecule has 0 aliphatic rings. The van der Waals surface area contributed by atoms with E-state index in [0.717, 1.165) is 0 Å². The van der Waals surface area contributed by atoms with Gasteiger partial charge >= 0.3 is 0 Å². The van der Waals surface area contributed by atoms with Gasteiger partial charge in [0.2, 0.25) is 17.7 Å². The average Bonchev–Trinajstić information content (AvgIpc) is 2.84. The van der Waals surface area contributed by atoms with Crippen LogP contribution in [0.15, 0.2) is 28.7 Å². The lowest BCUT2D eigenvalue weighted by Gasteiger charge is -2.23. The number of nitrogens with zero attached hydrogens (tertiary/aromatic N) is 3. The van der Waals surface area contributed by atoms with Crippen molar-refractivity contribution in [1.29, 1.82) is 0 Å². The first-order valence-corrected chi connectivity index (χ1v) is 6.71. The first-order chi connectivity index (χ1) is 9.49. The molecule has 2 aromatic rings. The van der Waals surface area contributed by atoms with Crippen molar-refractivity contribution in [3.05, 3.63) is 35.2 Å². The summed E-state index contributed by atoms with van der Waals surface area (Å²) in [4.78, 5) is 13.2. The van der Waals surface area contributed by atoms with Gasteiger partial charge in [0.25, 0.3) is 0 Å². The van der Waals surface area contributed by atoms with Crippen LogP contribution in [0.4, 0.5) is 0 Å². The second-order valence-electron chi connectivity index (χ2n) is 4.72. The first kappa shape index (κ1) is 14.5. The molecule has 0 aliphatic carbocycles. The van der Waals surface area contributed by atoms with E-state index in [9.17, 15) is 4.79 Å². The summed E-state index contributed by atoms with van der Waals surface area (Å²) in [6, 6.07) is 7.32. The fraction of sp³-hybridized carbons (Fsp3) is 0.357. The van der Waals surface area contributed by atoms with Crippen molar-refractivity contribution >= 4 is 17.5 Å². The van der Waals surface area contributed by atoms with Crippen molar-refractivity contribution in [2.45, 2.75) is 33.4 Å². The molecular formula is C14H16ClN3O2. The molecule has 1 heterocycles. The van der Waals surface area contributed by atoms with Crippen molar-refractivity contribution in [3.63, 3.8) is 0 Å². The summed E-state index contributed by atoms with van der Waals surface area (Å²) < 4.78 is 5.58. The monoisotopic (exact) mass is 293 g/mol. The molecule has 106 valence electrons. The van der Waals surface area contributed by atoms with Crippen LogP contribution in [0, 0.1) is 0 Å². The van der Waals surface area contributed by atoms with Crippen LogP contribution >= 0.6 is 11.6 Å². The molecule has 0 fully saturated rings. The van der Waals surface area contributed by atoms with Crippen molar-refractivity contribution in [2.24, 2.45) is 0 Å². The number of carbonyl (C=O) groups excluding carboxylic acids is 1. The maximum atomic E-state index is 11.5. The van der Waals surface area contributed by atoms with Crippen LogP contribution in [0.3, 0.4) is 0 Å². The molecule has 0 radical (unpaired) electrons. The standard InChI is InChI=1S/C14H16ClN3O2/c1-9(2)18(10(3)19)8-13-16-17-14(20-13)11-6-4-5-7-12(11)15/h4-7,9H,8H2,1-3H3. The van der Waals surface area contributed by atoms with Gasteiger partial charge in [-0.25, -0.2) is 0 Å². The zero-order valence-electron chi connectivity index (χ0n) is 11.6. The van der Waals surface area contributed by atoms with Crippen molar-refractivity contribution in [1.82, 2.24) is 15.1 Å². The van der Waals surface area contributed by atoms with Crippen molar-refractivity contribution in [2.75, 3.05) is 0 Å². The Balaban J connectivity index is 2.21. The second kappa shape index (κ2) is 6.05. The summed E-state index contributed by atoms with van der Waals surface area (Å²) in [7, 11) is 0.